The third kappa shape index (κ3) is 2.38. The van der Waals surface area contributed by atoms with Crippen LogP contribution in [0.3, 0.4) is 0 Å². The number of nitrogens with two attached hydrogens (primary N) is 1. The van der Waals surface area contributed by atoms with Gasteiger partial charge < -0.3 is 10.2 Å². The lowest BCUT2D eigenvalue weighted by molar-refractivity contribution is -0.139. The van der Waals surface area contributed by atoms with Crippen LogP contribution in [0.15, 0.2) is 34.7 Å². The molecule has 2 nitrogen and oxygen atoms in total. The van der Waals surface area contributed by atoms with Gasteiger partial charge in [0.2, 0.25) is 0 Å². The number of halogens is 4. The number of hydrogen-bond acceptors (Lipinski definition) is 2. The fraction of sp³-hybridized carbons (Fsp3) is 0.167. The van der Waals surface area contributed by atoms with Gasteiger partial charge in [-0.25, -0.2) is 4.39 Å². The van der Waals surface area contributed by atoms with E-state index in [1.165, 1.54) is 12.1 Å². The molecule has 0 aliphatic carbocycles. The summed E-state index contributed by atoms with van der Waals surface area (Å²) >= 11 is 0. The van der Waals surface area contributed by atoms with Crippen LogP contribution in [0.1, 0.15) is 11.3 Å². The molecule has 0 saturated carbocycles. The smallest absolute Gasteiger partial charge is 0.419 e. The van der Waals surface area contributed by atoms with E-state index in [2.05, 4.69) is 0 Å². The van der Waals surface area contributed by atoms with Crippen LogP contribution in [-0.2, 0) is 12.7 Å². The van der Waals surface area contributed by atoms with Gasteiger partial charge in [0.05, 0.1) is 12.1 Å². The molecule has 0 saturated heterocycles. The summed E-state index contributed by atoms with van der Waals surface area (Å²) < 4.78 is 55.9. The highest BCUT2D eigenvalue weighted by Gasteiger charge is 2.34. The van der Waals surface area contributed by atoms with Gasteiger partial charge in [-0.1, -0.05) is 0 Å². The molecule has 96 valence electrons. The molecular weight excluding hydrogens is 250 g/mol. The van der Waals surface area contributed by atoms with Crippen molar-refractivity contribution in [3.8, 4) is 11.3 Å². The standard InChI is InChI=1S/C12H9F4NO/c13-10-3-1-7(5-9(10)12(14,15)16)11-4-2-8(6-17)18-11/h1-5H,6,17H2. The Kier molecular flexibility index (Phi) is 3.13. The van der Waals surface area contributed by atoms with Gasteiger partial charge in [-0.15, -0.1) is 0 Å². The van der Waals surface area contributed by atoms with Crippen LogP contribution >= 0.6 is 0 Å². The van der Waals surface area contributed by atoms with Crippen molar-refractivity contribution in [1.29, 1.82) is 0 Å². The molecule has 2 rings (SSSR count). The topological polar surface area (TPSA) is 39.2 Å². The molecule has 0 aliphatic rings. The predicted octanol–water partition coefficient (Wildman–Crippen LogP) is 3.56. The minimum atomic E-state index is -4.73. The molecule has 2 aromatic rings. The summed E-state index contributed by atoms with van der Waals surface area (Å²) in [4.78, 5) is 0. The van der Waals surface area contributed by atoms with Crippen molar-refractivity contribution in [1.82, 2.24) is 0 Å². The summed E-state index contributed by atoms with van der Waals surface area (Å²) in [5.41, 5.74) is 4.17. The number of furan rings is 1. The zero-order valence-electron chi connectivity index (χ0n) is 9.09. The lowest BCUT2D eigenvalue weighted by Crippen LogP contribution is -2.08. The summed E-state index contributed by atoms with van der Waals surface area (Å²) in [6, 6.07) is 5.77. The molecular formula is C12H9F4NO. The van der Waals surface area contributed by atoms with E-state index in [-0.39, 0.29) is 17.9 Å². The van der Waals surface area contributed by atoms with E-state index in [0.29, 0.717) is 11.8 Å². The van der Waals surface area contributed by atoms with E-state index >= 15 is 0 Å². The number of hydrogen-bond donors (Lipinski definition) is 1. The third-order valence-corrected chi connectivity index (χ3v) is 2.42. The molecule has 1 heterocycles. The first kappa shape index (κ1) is 12.6. The largest absolute Gasteiger partial charge is 0.460 e. The molecule has 2 N–H and O–H groups in total. The summed E-state index contributed by atoms with van der Waals surface area (Å²) in [5.74, 6) is -0.638. The highest BCUT2D eigenvalue weighted by atomic mass is 19.4. The molecule has 0 radical (unpaired) electrons. The Balaban J connectivity index is 2.47. The highest BCUT2D eigenvalue weighted by Crippen LogP contribution is 2.34. The first-order valence-corrected chi connectivity index (χ1v) is 5.07. The van der Waals surface area contributed by atoms with E-state index in [4.69, 9.17) is 10.2 Å². The quantitative estimate of drug-likeness (QED) is 0.837. The lowest BCUT2D eigenvalue weighted by Gasteiger charge is -2.09. The molecule has 0 atom stereocenters. The average Bonchev–Trinajstić information content (AvgIpc) is 2.76. The van der Waals surface area contributed by atoms with Gasteiger partial charge in [0, 0.05) is 5.56 Å². The van der Waals surface area contributed by atoms with Gasteiger partial charge in [0.25, 0.3) is 0 Å². The van der Waals surface area contributed by atoms with Crippen LogP contribution in [0.25, 0.3) is 11.3 Å². The first-order chi connectivity index (χ1) is 8.41. The maximum Gasteiger partial charge on any atom is 0.419 e. The van der Waals surface area contributed by atoms with E-state index in [1.807, 2.05) is 0 Å². The Morgan fingerprint density at radius 1 is 1.11 bits per heavy atom. The fourth-order valence-corrected chi connectivity index (χ4v) is 1.54. The molecule has 18 heavy (non-hydrogen) atoms. The number of rotatable bonds is 2. The van der Waals surface area contributed by atoms with Crippen LogP contribution in [0.2, 0.25) is 0 Å². The summed E-state index contributed by atoms with van der Waals surface area (Å²) in [5, 5.41) is 0. The van der Waals surface area contributed by atoms with Crippen LogP contribution in [0.4, 0.5) is 17.6 Å². The molecule has 0 spiro atoms. The van der Waals surface area contributed by atoms with Crippen molar-refractivity contribution < 1.29 is 22.0 Å². The maximum atomic E-state index is 13.1. The second kappa shape index (κ2) is 4.45. The molecule has 6 heteroatoms. The molecule has 0 fully saturated rings. The molecule has 0 aliphatic heterocycles. The van der Waals surface area contributed by atoms with Crippen molar-refractivity contribution >= 4 is 0 Å². The van der Waals surface area contributed by atoms with E-state index in [0.717, 1.165) is 6.07 Å². The second-order valence-electron chi connectivity index (χ2n) is 3.66. The first-order valence-electron chi connectivity index (χ1n) is 5.07. The number of alkyl halides is 3. The zero-order chi connectivity index (χ0) is 13.3. The Hall–Kier alpha value is -1.82. The molecule has 0 amide bonds. The van der Waals surface area contributed by atoms with E-state index in [1.54, 1.807) is 6.07 Å². The summed E-state index contributed by atoms with van der Waals surface area (Å²) in [7, 11) is 0. The third-order valence-electron chi connectivity index (χ3n) is 2.42. The minimum absolute atomic E-state index is 0.146. The van der Waals surface area contributed by atoms with Crippen molar-refractivity contribution in [3.05, 3.63) is 47.5 Å². The van der Waals surface area contributed by atoms with Crippen molar-refractivity contribution in [3.63, 3.8) is 0 Å². The minimum Gasteiger partial charge on any atom is -0.460 e. The highest BCUT2D eigenvalue weighted by molar-refractivity contribution is 5.59. The van der Waals surface area contributed by atoms with Crippen LogP contribution in [-0.4, -0.2) is 0 Å². The molecule has 1 aromatic carbocycles. The van der Waals surface area contributed by atoms with Crippen LogP contribution in [0, 0.1) is 5.82 Å². The lowest BCUT2D eigenvalue weighted by atomic mass is 10.1. The number of benzene rings is 1. The van der Waals surface area contributed by atoms with E-state index in [9.17, 15) is 17.6 Å². The Labute approximate surface area is 100 Å². The fourth-order valence-electron chi connectivity index (χ4n) is 1.54. The SMILES string of the molecule is NCc1ccc(-c2ccc(F)c(C(F)(F)F)c2)o1. The molecule has 0 unspecified atom stereocenters. The predicted molar refractivity (Wildman–Crippen MR) is 57.0 cm³/mol. The summed E-state index contributed by atoms with van der Waals surface area (Å²) in [6.07, 6.45) is -4.73. The second-order valence-corrected chi connectivity index (χ2v) is 3.66. The van der Waals surface area contributed by atoms with Gasteiger partial charge in [0.1, 0.15) is 17.3 Å². The Bertz CT molecular complexity index is 559. The Morgan fingerprint density at radius 3 is 2.39 bits per heavy atom. The zero-order valence-corrected chi connectivity index (χ0v) is 9.09. The average molecular weight is 259 g/mol. The van der Waals surface area contributed by atoms with Crippen molar-refractivity contribution in [2.75, 3.05) is 0 Å². The van der Waals surface area contributed by atoms with Gasteiger partial charge in [-0.3, -0.25) is 0 Å². The van der Waals surface area contributed by atoms with Gasteiger partial charge in [-0.05, 0) is 30.3 Å². The van der Waals surface area contributed by atoms with Crippen molar-refractivity contribution in [2.24, 2.45) is 5.73 Å². The molecule has 1 aromatic heterocycles. The van der Waals surface area contributed by atoms with Crippen LogP contribution in [0.5, 0.6) is 0 Å². The van der Waals surface area contributed by atoms with Gasteiger partial charge in [-0.2, -0.15) is 13.2 Å². The van der Waals surface area contributed by atoms with Gasteiger partial charge in [0.15, 0.2) is 0 Å². The maximum absolute atomic E-state index is 13.1. The van der Waals surface area contributed by atoms with Crippen LogP contribution < -0.4 is 5.73 Å². The van der Waals surface area contributed by atoms with Gasteiger partial charge >= 0.3 is 6.18 Å². The Morgan fingerprint density at radius 2 is 1.83 bits per heavy atom. The van der Waals surface area contributed by atoms with E-state index < -0.39 is 17.6 Å². The molecule has 0 bridgehead atoms. The summed E-state index contributed by atoms with van der Waals surface area (Å²) in [6.45, 7) is 0.146. The normalized spacial score (nSPS) is 11.8. The van der Waals surface area contributed by atoms with Crippen molar-refractivity contribution in [2.45, 2.75) is 12.7 Å². The monoisotopic (exact) mass is 259 g/mol.